The molecule has 0 atom stereocenters. The maximum absolute atomic E-state index is 3.80. The molecule has 0 heterocycles. The molecule has 76 valence electrons. The third kappa shape index (κ3) is 2.35. The van der Waals surface area contributed by atoms with E-state index >= 15 is 0 Å². The number of aryl methyl sites for hydroxylation is 1. The van der Waals surface area contributed by atoms with Crippen molar-refractivity contribution in [2.24, 2.45) is 0 Å². The summed E-state index contributed by atoms with van der Waals surface area (Å²) in [5, 5.41) is 2.58. The molecule has 0 bridgehead atoms. The van der Waals surface area contributed by atoms with Crippen molar-refractivity contribution in [3.8, 4) is 0 Å². The Kier molecular flexibility index (Phi) is 3.87. The number of rotatable bonds is 1. The van der Waals surface area contributed by atoms with Crippen molar-refractivity contribution in [1.82, 2.24) is 0 Å². The highest BCUT2D eigenvalue weighted by Gasteiger charge is 1.96. The van der Waals surface area contributed by atoms with Gasteiger partial charge in [0.2, 0.25) is 0 Å². The van der Waals surface area contributed by atoms with Gasteiger partial charge < -0.3 is 0 Å². The second-order valence-electron chi connectivity index (χ2n) is 3.26. The normalized spacial score (nSPS) is 9.13. The van der Waals surface area contributed by atoms with Gasteiger partial charge in [-0.25, -0.2) is 0 Å². The van der Waals surface area contributed by atoms with Gasteiger partial charge in [0.1, 0.15) is 0 Å². The number of hydrogen-bond acceptors (Lipinski definition) is 0. The molecule has 0 spiro atoms. The predicted octanol–water partition coefficient (Wildman–Crippen LogP) is 4.59. The van der Waals surface area contributed by atoms with Gasteiger partial charge >= 0.3 is 0 Å². The molecule has 0 aromatic heterocycles. The van der Waals surface area contributed by atoms with Gasteiger partial charge in [-0.05, 0) is 34.9 Å². The quantitative estimate of drug-likeness (QED) is 0.585. The summed E-state index contributed by atoms with van der Waals surface area (Å²) in [5.41, 5.74) is 2.51. The molecule has 0 aliphatic carbocycles. The van der Waals surface area contributed by atoms with Gasteiger partial charge in [-0.1, -0.05) is 43.0 Å². The molecular formula is C15H16. The van der Waals surface area contributed by atoms with E-state index in [0.717, 1.165) is 0 Å². The fraction of sp³-hybridized carbons (Fsp3) is 0.0667. The second kappa shape index (κ2) is 5.16. The van der Waals surface area contributed by atoms with Gasteiger partial charge in [0.25, 0.3) is 0 Å². The Bertz CT molecular complexity index is 466. The summed E-state index contributed by atoms with van der Waals surface area (Å²) in [5.74, 6) is 0. The van der Waals surface area contributed by atoms with E-state index in [0.29, 0.717) is 0 Å². The molecule has 15 heavy (non-hydrogen) atoms. The van der Waals surface area contributed by atoms with E-state index in [9.17, 15) is 0 Å². The maximum Gasteiger partial charge on any atom is -0.0178 e. The Morgan fingerprint density at radius 1 is 1.00 bits per heavy atom. The van der Waals surface area contributed by atoms with Crippen molar-refractivity contribution in [2.75, 3.05) is 0 Å². The van der Waals surface area contributed by atoms with Crippen LogP contribution in [0.15, 0.2) is 56.1 Å². The summed E-state index contributed by atoms with van der Waals surface area (Å²) in [6.07, 6.45) is 1.90. The summed E-state index contributed by atoms with van der Waals surface area (Å²) in [6, 6.07) is 12.8. The lowest BCUT2D eigenvalue weighted by Gasteiger charge is -2.03. The van der Waals surface area contributed by atoms with Crippen LogP contribution in [0.1, 0.15) is 11.1 Å². The van der Waals surface area contributed by atoms with Crippen LogP contribution >= 0.6 is 0 Å². The average molecular weight is 196 g/mol. The van der Waals surface area contributed by atoms with Crippen LogP contribution in [0.2, 0.25) is 0 Å². The highest BCUT2D eigenvalue weighted by Crippen LogP contribution is 2.19. The molecule has 0 unspecified atom stereocenters. The van der Waals surface area contributed by atoms with E-state index in [4.69, 9.17) is 0 Å². The van der Waals surface area contributed by atoms with E-state index in [-0.39, 0.29) is 0 Å². The molecule has 0 heteroatoms. The molecule has 2 aromatic carbocycles. The Labute approximate surface area is 91.6 Å². The van der Waals surface area contributed by atoms with Crippen LogP contribution in [0.25, 0.3) is 16.8 Å². The van der Waals surface area contributed by atoms with Crippen molar-refractivity contribution in [3.05, 3.63) is 67.3 Å². The lowest BCUT2D eigenvalue weighted by Crippen LogP contribution is -1.81. The van der Waals surface area contributed by atoms with Crippen molar-refractivity contribution in [3.63, 3.8) is 0 Å². The molecule has 2 rings (SSSR count). The van der Waals surface area contributed by atoms with Gasteiger partial charge in [0, 0.05) is 0 Å². The van der Waals surface area contributed by atoms with Gasteiger partial charge in [-0.3, -0.25) is 0 Å². The van der Waals surface area contributed by atoms with Crippen molar-refractivity contribution in [2.45, 2.75) is 6.92 Å². The zero-order valence-corrected chi connectivity index (χ0v) is 9.16. The van der Waals surface area contributed by atoms with Crippen LogP contribution in [-0.4, -0.2) is 0 Å². The van der Waals surface area contributed by atoms with Crippen LogP contribution in [-0.2, 0) is 0 Å². The highest BCUT2D eigenvalue weighted by molar-refractivity contribution is 5.85. The van der Waals surface area contributed by atoms with Gasteiger partial charge in [-0.15, -0.1) is 13.2 Å². The van der Waals surface area contributed by atoms with Crippen LogP contribution in [0.4, 0.5) is 0 Å². The molecule has 2 aromatic rings. The molecule has 0 fully saturated rings. The maximum atomic E-state index is 3.80. The Balaban J connectivity index is 0.000000531. The lowest BCUT2D eigenvalue weighted by atomic mass is 10.0. The first-order chi connectivity index (χ1) is 7.31. The molecule has 0 N–H and O–H groups in total. The first kappa shape index (κ1) is 11.3. The molecular weight excluding hydrogens is 180 g/mol. The summed E-state index contributed by atoms with van der Waals surface area (Å²) < 4.78 is 0. The van der Waals surface area contributed by atoms with E-state index in [1.165, 1.54) is 21.9 Å². The summed E-state index contributed by atoms with van der Waals surface area (Å²) in [4.78, 5) is 0. The first-order valence-electron chi connectivity index (χ1n) is 4.93. The molecule has 0 radical (unpaired) electrons. The molecule has 0 aliphatic rings. The van der Waals surface area contributed by atoms with Crippen LogP contribution < -0.4 is 0 Å². The summed E-state index contributed by atoms with van der Waals surface area (Å²) >= 11 is 0. The lowest BCUT2D eigenvalue weighted by molar-refractivity contribution is 1.48. The van der Waals surface area contributed by atoms with Crippen LogP contribution in [0.3, 0.4) is 0 Å². The molecule has 0 aliphatic heterocycles. The third-order valence-electron chi connectivity index (χ3n) is 2.35. The fourth-order valence-electron chi connectivity index (χ4n) is 1.59. The molecule has 0 saturated carbocycles. The van der Waals surface area contributed by atoms with E-state index in [1.54, 1.807) is 0 Å². The standard InChI is InChI=1S/C13H12.C2H4/c1-3-11-9-13-7-5-4-6-12(13)8-10(11)2;1-2/h3-9H,1H2,2H3;1-2H2. The third-order valence-corrected chi connectivity index (χ3v) is 2.35. The van der Waals surface area contributed by atoms with E-state index in [2.05, 4.69) is 63.1 Å². The highest BCUT2D eigenvalue weighted by atomic mass is 14.0. The summed E-state index contributed by atoms with van der Waals surface area (Å²) in [6.45, 7) is 11.9. The monoisotopic (exact) mass is 196 g/mol. The Morgan fingerprint density at radius 2 is 1.53 bits per heavy atom. The first-order valence-corrected chi connectivity index (χ1v) is 4.93. The minimum Gasteiger partial charge on any atom is -0.106 e. The number of fused-ring (bicyclic) bond motifs is 1. The van der Waals surface area contributed by atoms with E-state index < -0.39 is 0 Å². The van der Waals surface area contributed by atoms with Gasteiger partial charge in [0.05, 0.1) is 0 Å². The summed E-state index contributed by atoms with van der Waals surface area (Å²) in [7, 11) is 0. The second-order valence-corrected chi connectivity index (χ2v) is 3.26. The zero-order valence-electron chi connectivity index (χ0n) is 9.16. The molecule has 0 amide bonds. The van der Waals surface area contributed by atoms with Crippen molar-refractivity contribution < 1.29 is 0 Å². The van der Waals surface area contributed by atoms with E-state index in [1.807, 2.05) is 6.08 Å². The van der Waals surface area contributed by atoms with Crippen molar-refractivity contribution >= 4 is 16.8 Å². The SMILES string of the molecule is C=C.C=Cc1cc2ccccc2cc1C. The molecule has 0 saturated heterocycles. The average Bonchev–Trinajstić information content (AvgIpc) is 2.31. The minimum atomic E-state index is 1.22. The topological polar surface area (TPSA) is 0 Å². The Hall–Kier alpha value is -1.82. The van der Waals surface area contributed by atoms with Gasteiger partial charge in [0.15, 0.2) is 0 Å². The van der Waals surface area contributed by atoms with Crippen LogP contribution in [0, 0.1) is 6.92 Å². The minimum absolute atomic E-state index is 1.22. The zero-order chi connectivity index (χ0) is 11.3. The smallest absolute Gasteiger partial charge is 0.0178 e. The predicted molar refractivity (Wildman–Crippen MR) is 70.0 cm³/mol. The van der Waals surface area contributed by atoms with Crippen LogP contribution in [0.5, 0.6) is 0 Å². The van der Waals surface area contributed by atoms with Gasteiger partial charge in [-0.2, -0.15) is 0 Å². The number of hydrogen-bond donors (Lipinski definition) is 0. The van der Waals surface area contributed by atoms with Crippen molar-refractivity contribution in [1.29, 1.82) is 0 Å². The number of benzene rings is 2. The Morgan fingerprint density at radius 3 is 2.07 bits per heavy atom. The fourth-order valence-corrected chi connectivity index (χ4v) is 1.59. The molecule has 0 nitrogen and oxygen atoms in total. The largest absolute Gasteiger partial charge is 0.106 e.